The highest BCUT2D eigenvalue weighted by atomic mass is 32.1. The molecule has 0 fully saturated rings. The summed E-state index contributed by atoms with van der Waals surface area (Å²) in [6.45, 7) is 3.97. The molecule has 3 rings (SSSR count). The summed E-state index contributed by atoms with van der Waals surface area (Å²) in [6.07, 6.45) is 0. The summed E-state index contributed by atoms with van der Waals surface area (Å²) in [5, 5.41) is 3.29. The molecule has 0 radical (unpaired) electrons. The van der Waals surface area contributed by atoms with E-state index in [-0.39, 0.29) is 11.9 Å². The Morgan fingerprint density at radius 3 is 2.52 bits per heavy atom. The Morgan fingerprint density at radius 2 is 1.92 bits per heavy atom. The van der Waals surface area contributed by atoms with E-state index < -0.39 is 0 Å². The van der Waals surface area contributed by atoms with Gasteiger partial charge in [-0.1, -0.05) is 11.3 Å². The van der Waals surface area contributed by atoms with E-state index >= 15 is 0 Å². The number of fused-ring (bicyclic) bond motifs is 1. The summed E-state index contributed by atoms with van der Waals surface area (Å²) >= 11 is 2.62. The van der Waals surface area contributed by atoms with E-state index in [4.69, 9.17) is 9.47 Å². The first-order valence-corrected chi connectivity index (χ1v) is 9.19. The van der Waals surface area contributed by atoms with E-state index in [0.717, 1.165) is 15.1 Å². The Morgan fingerprint density at radius 1 is 1.20 bits per heavy atom. The normalized spacial score (nSPS) is 10.7. The molecule has 0 unspecified atom stereocenters. The number of thiophene rings is 1. The average molecular weight is 376 g/mol. The van der Waals surface area contributed by atoms with Crippen molar-refractivity contribution < 1.29 is 19.1 Å². The topological polar surface area (TPSA) is 77.5 Å². The summed E-state index contributed by atoms with van der Waals surface area (Å²) in [5.74, 6) is 0.111. The number of amides is 1. The number of methoxy groups -OCH3 is 1. The van der Waals surface area contributed by atoms with Crippen molar-refractivity contribution in [2.75, 3.05) is 19.0 Å². The highest BCUT2D eigenvalue weighted by molar-refractivity contribution is 7.30. The maximum Gasteiger partial charge on any atom is 0.348 e. The number of aryl methyl sites for hydroxylation is 1. The summed E-state index contributed by atoms with van der Waals surface area (Å²) in [4.78, 5) is 29.9. The van der Waals surface area contributed by atoms with Crippen molar-refractivity contribution in [3.05, 3.63) is 40.3 Å². The molecule has 0 atom stereocenters. The van der Waals surface area contributed by atoms with Crippen LogP contribution in [0.4, 0.5) is 5.13 Å². The van der Waals surface area contributed by atoms with Gasteiger partial charge in [0.1, 0.15) is 15.5 Å². The van der Waals surface area contributed by atoms with Crippen LogP contribution in [0.3, 0.4) is 0 Å². The Hall–Kier alpha value is -2.45. The number of aromatic nitrogens is 1. The largest absolute Gasteiger partial charge is 0.497 e. The monoisotopic (exact) mass is 376 g/mol. The maximum atomic E-state index is 12.3. The number of hydrogen-bond acceptors (Lipinski definition) is 7. The third-order valence-electron chi connectivity index (χ3n) is 3.51. The molecule has 0 bridgehead atoms. The Bertz CT molecular complexity index is 928. The molecule has 2 aromatic heterocycles. The number of esters is 1. The van der Waals surface area contributed by atoms with Crippen LogP contribution in [0.1, 0.15) is 32.5 Å². The third kappa shape index (κ3) is 3.49. The number of ether oxygens (including phenoxy) is 2. The van der Waals surface area contributed by atoms with Crippen LogP contribution in [0.5, 0.6) is 5.75 Å². The summed E-state index contributed by atoms with van der Waals surface area (Å²) in [6, 6.07) is 6.83. The van der Waals surface area contributed by atoms with Crippen LogP contribution < -0.4 is 10.1 Å². The lowest BCUT2D eigenvalue weighted by atomic mass is 10.2. The van der Waals surface area contributed by atoms with Gasteiger partial charge in [0.15, 0.2) is 5.13 Å². The van der Waals surface area contributed by atoms with Gasteiger partial charge in [0.05, 0.1) is 18.4 Å². The van der Waals surface area contributed by atoms with Gasteiger partial charge in [-0.15, -0.1) is 11.3 Å². The lowest BCUT2D eigenvalue weighted by molar-refractivity contribution is 0.0531. The SMILES string of the molecule is CCOC(=O)c1sc2nc(NC(=O)c3ccc(OC)cc3)sc2c1C. The second-order valence-electron chi connectivity index (χ2n) is 5.11. The fraction of sp³-hybridized carbons (Fsp3) is 0.235. The minimum Gasteiger partial charge on any atom is -0.497 e. The van der Waals surface area contributed by atoms with Gasteiger partial charge in [0.2, 0.25) is 0 Å². The maximum absolute atomic E-state index is 12.3. The number of carbonyl (C=O) groups is 2. The fourth-order valence-electron chi connectivity index (χ4n) is 2.25. The van der Waals surface area contributed by atoms with Gasteiger partial charge in [0.25, 0.3) is 5.91 Å². The molecule has 1 N–H and O–H groups in total. The van der Waals surface area contributed by atoms with Crippen LogP contribution in [0.25, 0.3) is 9.53 Å². The molecule has 2 heterocycles. The van der Waals surface area contributed by atoms with Crippen molar-refractivity contribution in [3.8, 4) is 5.75 Å². The average Bonchev–Trinajstić information content (AvgIpc) is 3.14. The molecule has 0 spiro atoms. The van der Waals surface area contributed by atoms with Crippen molar-refractivity contribution in [2.45, 2.75) is 13.8 Å². The zero-order valence-corrected chi connectivity index (χ0v) is 15.5. The first-order chi connectivity index (χ1) is 12.0. The number of nitrogens with zero attached hydrogens (tertiary/aromatic N) is 1. The molecule has 25 heavy (non-hydrogen) atoms. The predicted octanol–water partition coefficient (Wildman–Crippen LogP) is 4.10. The van der Waals surface area contributed by atoms with Crippen molar-refractivity contribution in [1.82, 2.24) is 4.98 Å². The van der Waals surface area contributed by atoms with Crippen molar-refractivity contribution in [1.29, 1.82) is 0 Å². The molecule has 6 nitrogen and oxygen atoms in total. The van der Waals surface area contributed by atoms with Crippen molar-refractivity contribution in [3.63, 3.8) is 0 Å². The van der Waals surface area contributed by atoms with E-state index in [1.165, 1.54) is 22.7 Å². The first-order valence-electron chi connectivity index (χ1n) is 7.56. The summed E-state index contributed by atoms with van der Waals surface area (Å²) < 4.78 is 11.0. The van der Waals surface area contributed by atoms with Crippen LogP contribution in [-0.2, 0) is 4.74 Å². The minimum atomic E-state index is -0.334. The van der Waals surface area contributed by atoms with Crippen LogP contribution in [0, 0.1) is 6.92 Å². The molecule has 1 amide bonds. The number of rotatable bonds is 5. The second kappa shape index (κ2) is 7.20. The molecular formula is C17H16N2O4S2. The van der Waals surface area contributed by atoms with Crippen molar-refractivity contribution >= 4 is 49.2 Å². The molecular weight excluding hydrogens is 360 g/mol. The van der Waals surface area contributed by atoms with Crippen LogP contribution in [-0.4, -0.2) is 30.6 Å². The molecule has 0 saturated heterocycles. The van der Waals surface area contributed by atoms with Crippen LogP contribution in [0.2, 0.25) is 0 Å². The quantitative estimate of drug-likeness (QED) is 0.678. The molecule has 0 aliphatic rings. The Kier molecular flexibility index (Phi) is 5.00. The number of nitrogens with one attached hydrogen (secondary N) is 1. The number of carbonyl (C=O) groups excluding carboxylic acids is 2. The molecule has 1 aromatic carbocycles. The van der Waals surface area contributed by atoms with Gasteiger partial charge in [-0.3, -0.25) is 10.1 Å². The number of thiazole rings is 1. The van der Waals surface area contributed by atoms with Gasteiger partial charge >= 0.3 is 5.97 Å². The third-order valence-corrected chi connectivity index (χ3v) is 5.89. The van der Waals surface area contributed by atoms with E-state index in [2.05, 4.69) is 10.3 Å². The summed E-state index contributed by atoms with van der Waals surface area (Å²) in [5.41, 5.74) is 1.35. The minimum absolute atomic E-state index is 0.243. The van der Waals surface area contributed by atoms with Crippen LogP contribution in [0.15, 0.2) is 24.3 Å². The van der Waals surface area contributed by atoms with Crippen LogP contribution >= 0.6 is 22.7 Å². The van der Waals surface area contributed by atoms with E-state index in [0.29, 0.717) is 27.9 Å². The Balaban J connectivity index is 1.80. The molecule has 8 heteroatoms. The highest BCUT2D eigenvalue weighted by Gasteiger charge is 2.20. The van der Waals surface area contributed by atoms with Gasteiger partial charge < -0.3 is 9.47 Å². The molecule has 130 valence electrons. The van der Waals surface area contributed by atoms with Crippen molar-refractivity contribution in [2.24, 2.45) is 0 Å². The molecule has 0 aliphatic carbocycles. The van der Waals surface area contributed by atoms with E-state index in [9.17, 15) is 9.59 Å². The van der Waals surface area contributed by atoms with E-state index in [1.807, 2.05) is 6.92 Å². The van der Waals surface area contributed by atoms with Gasteiger partial charge in [-0.2, -0.15) is 0 Å². The van der Waals surface area contributed by atoms with Gasteiger partial charge in [-0.05, 0) is 43.7 Å². The lowest BCUT2D eigenvalue weighted by Crippen LogP contribution is -2.11. The predicted molar refractivity (Wildman–Crippen MR) is 99.1 cm³/mol. The summed E-state index contributed by atoms with van der Waals surface area (Å²) in [7, 11) is 1.57. The number of benzene rings is 1. The zero-order chi connectivity index (χ0) is 18.0. The second-order valence-corrected chi connectivity index (χ2v) is 7.11. The highest BCUT2D eigenvalue weighted by Crippen LogP contribution is 2.37. The zero-order valence-electron chi connectivity index (χ0n) is 13.9. The van der Waals surface area contributed by atoms with E-state index in [1.54, 1.807) is 38.3 Å². The van der Waals surface area contributed by atoms with Gasteiger partial charge in [0, 0.05) is 5.56 Å². The number of anilines is 1. The van der Waals surface area contributed by atoms with Gasteiger partial charge in [-0.25, -0.2) is 9.78 Å². The fourth-order valence-corrected chi connectivity index (χ4v) is 4.45. The number of hydrogen-bond donors (Lipinski definition) is 1. The lowest BCUT2D eigenvalue weighted by Gasteiger charge is -2.03. The molecule has 0 aliphatic heterocycles. The standard InChI is InChI=1S/C17H16N2O4S2/c1-4-23-16(21)13-9(2)12-15(24-13)19-17(25-12)18-14(20)10-5-7-11(22-3)8-6-10/h5-8H,4H2,1-3H3,(H,18,19,20). The molecule has 3 aromatic rings. The molecule has 0 saturated carbocycles. The smallest absolute Gasteiger partial charge is 0.348 e. The first kappa shape index (κ1) is 17.4. The Labute approximate surface area is 152 Å².